The fourth-order valence-corrected chi connectivity index (χ4v) is 3.18. The number of hydrogen-bond donors (Lipinski definition) is 0. The largest absolute Gasteiger partial charge is 0.497 e. The number of aryl methyl sites for hydroxylation is 2. The van der Waals surface area contributed by atoms with Gasteiger partial charge in [-0.05, 0) is 49.2 Å². The first-order valence-electron chi connectivity index (χ1n) is 8.77. The molecule has 1 heterocycles. The summed E-state index contributed by atoms with van der Waals surface area (Å²) in [5, 5.41) is 1.10. The van der Waals surface area contributed by atoms with Crippen molar-refractivity contribution in [1.29, 1.82) is 0 Å². The van der Waals surface area contributed by atoms with E-state index in [0.29, 0.717) is 0 Å². The predicted molar refractivity (Wildman–Crippen MR) is 109 cm³/mol. The quantitative estimate of drug-likeness (QED) is 0.444. The van der Waals surface area contributed by atoms with Crippen LogP contribution in [0.3, 0.4) is 0 Å². The van der Waals surface area contributed by atoms with E-state index in [0.717, 1.165) is 27.9 Å². The van der Waals surface area contributed by atoms with E-state index in [9.17, 15) is 0 Å². The number of fused-ring (bicyclic) bond motifs is 1. The average Bonchev–Trinajstić information content (AvgIpc) is 2.68. The van der Waals surface area contributed by atoms with Gasteiger partial charge in [0.1, 0.15) is 5.75 Å². The van der Waals surface area contributed by atoms with Crippen LogP contribution in [0.1, 0.15) is 11.1 Å². The molecule has 0 aliphatic carbocycles. The molecule has 0 atom stereocenters. The molecule has 4 aromatic rings. The standard InChI is InChI=1S/C24H21NO/c1-16-4-8-18(9-5-16)21-15-24(19-10-6-17(2)7-11-19)25-23-13-12-20(26-3)14-22(21)23/h4-15H,1-3H3. The zero-order valence-electron chi connectivity index (χ0n) is 15.3. The number of nitrogens with zero attached hydrogens (tertiary/aromatic N) is 1. The highest BCUT2D eigenvalue weighted by atomic mass is 16.5. The Morgan fingerprint density at radius 3 is 1.92 bits per heavy atom. The molecule has 0 aliphatic heterocycles. The highest BCUT2D eigenvalue weighted by molar-refractivity contribution is 5.97. The molecule has 0 unspecified atom stereocenters. The fraction of sp³-hybridized carbons (Fsp3) is 0.125. The molecule has 0 bridgehead atoms. The maximum absolute atomic E-state index is 5.43. The lowest BCUT2D eigenvalue weighted by Crippen LogP contribution is -1.91. The van der Waals surface area contributed by atoms with Crippen molar-refractivity contribution >= 4 is 10.9 Å². The minimum absolute atomic E-state index is 0.843. The van der Waals surface area contributed by atoms with Gasteiger partial charge in [-0.3, -0.25) is 0 Å². The van der Waals surface area contributed by atoms with E-state index in [1.807, 2.05) is 12.1 Å². The second-order valence-electron chi connectivity index (χ2n) is 6.67. The molecular weight excluding hydrogens is 318 g/mol. The van der Waals surface area contributed by atoms with Crippen LogP contribution >= 0.6 is 0 Å². The number of pyridine rings is 1. The van der Waals surface area contributed by atoms with E-state index in [1.165, 1.54) is 22.3 Å². The van der Waals surface area contributed by atoms with Crippen LogP contribution in [0, 0.1) is 13.8 Å². The van der Waals surface area contributed by atoms with Crippen molar-refractivity contribution in [3.8, 4) is 28.1 Å². The van der Waals surface area contributed by atoms with Crippen LogP contribution in [0.5, 0.6) is 5.75 Å². The van der Waals surface area contributed by atoms with Gasteiger partial charge in [0, 0.05) is 10.9 Å². The summed E-state index contributed by atoms with van der Waals surface area (Å²) in [6.07, 6.45) is 0. The van der Waals surface area contributed by atoms with Crippen LogP contribution < -0.4 is 4.74 Å². The van der Waals surface area contributed by atoms with Crippen LogP contribution in [0.25, 0.3) is 33.3 Å². The molecule has 26 heavy (non-hydrogen) atoms. The molecular formula is C24H21NO. The van der Waals surface area contributed by atoms with Gasteiger partial charge in [-0.2, -0.15) is 0 Å². The molecule has 2 heteroatoms. The van der Waals surface area contributed by atoms with Gasteiger partial charge in [-0.1, -0.05) is 59.7 Å². The molecule has 1 aromatic heterocycles. The third-order valence-electron chi connectivity index (χ3n) is 4.73. The minimum atomic E-state index is 0.843. The first kappa shape index (κ1) is 16.3. The lowest BCUT2D eigenvalue weighted by atomic mass is 9.97. The topological polar surface area (TPSA) is 22.1 Å². The molecule has 0 amide bonds. The van der Waals surface area contributed by atoms with Gasteiger partial charge in [-0.15, -0.1) is 0 Å². The Balaban J connectivity index is 1.98. The highest BCUT2D eigenvalue weighted by Gasteiger charge is 2.11. The van der Waals surface area contributed by atoms with Gasteiger partial charge in [0.05, 0.1) is 18.3 Å². The Morgan fingerprint density at radius 1 is 0.692 bits per heavy atom. The van der Waals surface area contributed by atoms with Gasteiger partial charge >= 0.3 is 0 Å². The van der Waals surface area contributed by atoms with Crippen molar-refractivity contribution in [2.45, 2.75) is 13.8 Å². The predicted octanol–water partition coefficient (Wildman–Crippen LogP) is 6.19. The summed E-state index contributed by atoms with van der Waals surface area (Å²) in [6.45, 7) is 4.21. The van der Waals surface area contributed by atoms with Gasteiger partial charge in [0.2, 0.25) is 0 Å². The molecule has 0 saturated heterocycles. The number of rotatable bonds is 3. The van der Waals surface area contributed by atoms with Crippen molar-refractivity contribution in [1.82, 2.24) is 4.98 Å². The minimum Gasteiger partial charge on any atom is -0.497 e. The molecule has 0 saturated carbocycles. The maximum atomic E-state index is 5.43. The van der Waals surface area contributed by atoms with Gasteiger partial charge in [-0.25, -0.2) is 4.98 Å². The first-order valence-corrected chi connectivity index (χ1v) is 8.77. The number of methoxy groups -OCH3 is 1. The van der Waals surface area contributed by atoms with E-state index in [-0.39, 0.29) is 0 Å². The smallest absolute Gasteiger partial charge is 0.119 e. The SMILES string of the molecule is COc1ccc2nc(-c3ccc(C)cc3)cc(-c3ccc(C)cc3)c2c1. The molecule has 0 radical (unpaired) electrons. The monoisotopic (exact) mass is 339 g/mol. The van der Waals surface area contributed by atoms with Crippen molar-refractivity contribution in [2.24, 2.45) is 0 Å². The fourth-order valence-electron chi connectivity index (χ4n) is 3.18. The summed E-state index contributed by atoms with van der Waals surface area (Å²) in [5.41, 5.74) is 7.94. The van der Waals surface area contributed by atoms with Crippen molar-refractivity contribution in [3.63, 3.8) is 0 Å². The molecule has 128 valence electrons. The van der Waals surface area contributed by atoms with Crippen molar-refractivity contribution in [2.75, 3.05) is 7.11 Å². The lowest BCUT2D eigenvalue weighted by Gasteiger charge is -2.12. The Kier molecular flexibility index (Phi) is 4.18. The van der Waals surface area contributed by atoms with Gasteiger partial charge < -0.3 is 4.74 Å². The zero-order valence-corrected chi connectivity index (χ0v) is 15.3. The summed E-state index contributed by atoms with van der Waals surface area (Å²) < 4.78 is 5.43. The summed E-state index contributed by atoms with van der Waals surface area (Å²) in [5.74, 6) is 0.843. The molecule has 4 rings (SSSR count). The number of ether oxygens (including phenoxy) is 1. The molecule has 0 fully saturated rings. The summed E-state index contributed by atoms with van der Waals surface area (Å²) in [7, 11) is 1.70. The maximum Gasteiger partial charge on any atom is 0.119 e. The highest BCUT2D eigenvalue weighted by Crippen LogP contribution is 2.34. The van der Waals surface area contributed by atoms with E-state index in [1.54, 1.807) is 7.11 Å². The van der Waals surface area contributed by atoms with Gasteiger partial charge in [0.15, 0.2) is 0 Å². The third kappa shape index (κ3) is 3.06. The first-order chi connectivity index (χ1) is 12.6. The van der Waals surface area contributed by atoms with E-state index < -0.39 is 0 Å². The van der Waals surface area contributed by atoms with Crippen LogP contribution in [0.15, 0.2) is 72.8 Å². The Bertz CT molecular complexity index is 1060. The molecule has 2 nitrogen and oxygen atoms in total. The summed E-state index contributed by atoms with van der Waals surface area (Å²) in [6, 6.07) is 25.4. The second kappa shape index (κ2) is 6.64. The van der Waals surface area contributed by atoms with Crippen LogP contribution in [0.2, 0.25) is 0 Å². The van der Waals surface area contributed by atoms with Crippen molar-refractivity contribution < 1.29 is 4.74 Å². The lowest BCUT2D eigenvalue weighted by molar-refractivity contribution is 0.415. The number of benzene rings is 3. The Morgan fingerprint density at radius 2 is 1.31 bits per heavy atom. The van der Waals surface area contributed by atoms with E-state index in [4.69, 9.17) is 9.72 Å². The molecule has 0 aliphatic rings. The summed E-state index contributed by atoms with van der Waals surface area (Å²) >= 11 is 0. The van der Waals surface area contributed by atoms with Crippen LogP contribution in [0.4, 0.5) is 0 Å². The zero-order chi connectivity index (χ0) is 18.1. The number of hydrogen-bond acceptors (Lipinski definition) is 2. The van der Waals surface area contributed by atoms with Crippen LogP contribution in [-0.2, 0) is 0 Å². The van der Waals surface area contributed by atoms with E-state index >= 15 is 0 Å². The van der Waals surface area contributed by atoms with Gasteiger partial charge in [0.25, 0.3) is 0 Å². The molecule has 0 N–H and O–H groups in total. The van der Waals surface area contributed by atoms with E-state index in [2.05, 4.69) is 74.5 Å². The number of aromatic nitrogens is 1. The molecule has 0 spiro atoms. The molecule has 3 aromatic carbocycles. The average molecular weight is 339 g/mol. The Hall–Kier alpha value is -3.13. The Labute approximate surface area is 154 Å². The third-order valence-corrected chi connectivity index (χ3v) is 4.73. The van der Waals surface area contributed by atoms with Crippen molar-refractivity contribution in [3.05, 3.63) is 83.9 Å². The van der Waals surface area contributed by atoms with Crippen LogP contribution in [-0.4, -0.2) is 12.1 Å². The summed E-state index contributed by atoms with van der Waals surface area (Å²) in [4.78, 5) is 4.90. The second-order valence-corrected chi connectivity index (χ2v) is 6.67. The normalized spacial score (nSPS) is 10.9.